The third-order valence-corrected chi connectivity index (χ3v) is 5.47. The van der Waals surface area contributed by atoms with Gasteiger partial charge in [0.15, 0.2) is 6.23 Å². The van der Waals surface area contributed by atoms with Crippen LogP contribution in [-0.2, 0) is 4.74 Å². The lowest BCUT2D eigenvalue weighted by Gasteiger charge is -2.22. The number of rotatable bonds is 5. The zero-order valence-electron chi connectivity index (χ0n) is 16.0. The Kier molecular flexibility index (Phi) is 5.55. The molecule has 1 unspecified atom stereocenters. The maximum atomic E-state index is 6.06. The normalized spacial score (nSPS) is 20.4. The van der Waals surface area contributed by atoms with Crippen LogP contribution in [0.5, 0.6) is 0 Å². The van der Waals surface area contributed by atoms with Crippen molar-refractivity contribution in [2.45, 2.75) is 32.0 Å². The molecule has 0 spiro atoms. The third-order valence-electron chi connectivity index (χ3n) is 5.22. The highest BCUT2D eigenvalue weighted by molar-refractivity contribution is 6.30. The van der Waals surface area contributed by atoms with Gasteiger partial charge in [0.25, 0.3) is 0 Å². The molecule has 6 heteroatoms. The number of halogens is 1. The van der Waals surface area contributed by atoms with E-state index in [2.05, 4.69) is 33.2 Å². The number of nitrogens with zero attached hydrogens (tertiary/aromatic N) is 2. The van der Waals surface area contributed by atoms with E-state index in [1.807, 2.05) is 49.7 Å². The van der Waals surface area contributed by atoms with Gasteiger partial charge in [0.05, 0.1) is 12.2 Å². The lowest BCUT2D eigenvalue weighted by Crippen LogP contribution is -2.29. The van der Waals surface area contributed by atoms with Gasteiger partial charge in [-0.15, -0.1) is 0 Å². The van der Waals surface area contributed by atoms with E-state index >= 15 is 0 Å². The topological polar surface area (TPSA) is 51.1 Å². The molecule has 2 N–H and O–H groups in total. The molecular formula is C22H25ClN4O. The molecular weight excluding hydrogens is 372 g/mol. The number of hydrogen-bond donors (Lipinski definition) is 2. The number of allylic oxidation sites excluding steroid dienone is 3. The molecule has 1 aromatic carbocycles. The van der Waals surface area contributed by atoms with Crippen molar-refractivity contribution in [2.75, 3.05) is 13.1 Å². The molecule has 0 bridgehead atoms. The van der Waals surface area contributed by atoms with Crippen LogP contribution in [0.3, 0.4) is 0 Å². The van der Waals surface area contributed by atoms with Crippen molar-refractivity contribution < 1.29 is 4.74 Å². The predicted molar refractivity (Wildman–Crippen MR) is 113 cm³/mol. The van der Waals surface area contributed by atoms with Crippen LogP contribution in [0.2, 0.25) is 5.02 Å². The molecule has 1 saturated heterocycles. The molecule has 1 atom stereocenters. The molecule has 0 saturated carbocycles. The van der Waals surface area contributed by atoms with Crippen LogP contribution in [0.1, 0.15) is 43.2 Å². The van der Waals surface area contributed by atoms with Crippen LogP contribution < -0.4 is 10.6 Å². The Morgan fingerprint density at radius 3 is 2.79 bits per heavy atom. The second-order valence-corrected chi connectivity index (χ2v) is 7.70. The Labute approximate surface area is 170 Å². The summed E-state index contributed by atoms with van der Waals surface area (Å²) in [5.41, 5.74) is 4.02. The first-order chi connectivity index (χ1) is 13.6. The van der Waals surface area contributed by atoms with Crippen LogP contribution in [0, 0.1) is 0 Å². The van der Waals surface area contributed by atoms with E-state index in [-0.39, 0.29) is 6.23 Å². The van der Waals surface area contributed by atoms with Crippen molar-refractivity contribution >= 4 is 17.2 Å². The molecule has 4 rings (SSSR count). The van der Waals surface area contributed by atoms with Crippen molar-refractivity contribution in [2.24, 2.45) is 0 Å². The quantitative estimate of drug-likeness (QED) is 0.726. The van der Waals surface area contributed by atoms with Gasteiger partial charge < -0.3 is 15.4 Å². The SMILES string of the molecule is C=C(/C=C(\C)C1=CNC(c2ccc(Cl)cc2)O1)c1cnn(C2CCNCC2)c1. The van der Waals surface area contributed by atoms with Crippen LogP contribution >= 0.6 is 11.6 Å². The Morgan fingerprint density at radius 1 is 1.29 bits per heavy atom. The number of nitrogens with one attached hydrogen (secondary N) is 2. The minimum Gasteiger partial charge on any atom is -0.465 e. The van der Waals surface area contributed by atoms with Gasteiger partial charge in [-0.05, 0) is 62.2 Å². The van der Waals surface area contributed by atoms with Crippen molar-refractivity contribution in [3.8, 4) is 0 Å². The minimum atomic E-state index is -0.202. The van der Waals surface area contributed by atoms with Gasteiger partial charge in [-0.25, -0.2) is 0 Å². The van der Waals surface area contributed by atoms with Gasteiger partial charge >= 0.3 is 0 Å². The fourth-order valence-corrected chi connectivity index (χ4v) is 3.67. The third kappa shape index (κ3) is 4.16. The first-order valence-corrected chi connectivity index (χ1v) is 9.99. The summed E-state index contributed by atoms with van der Waals surface area (Å²) in [6.45, 7) is 8.35. The first kappa shape index (κ1) is 18.8. The number of ether oxygens (including phenoxy) is 1. The summed E-state index contributed by atoms with van der Waals surface area (Å²) in [4.78, 5) is 0. The largest absolute Gasteiger partial charge is 0.465 e. The molecule has 2 aliphatic heterocycles. The highest BCUT2D eigenvalue weighted by Gasteiger charge is 2.20. The van der Waals surface area contributed by atoms with Crippen LogP contribution in [0.15, 0.2) is 66.8 Å². The average molecular weight is 397 g/mol. The Balaban J connectivity index is 1.40. The molecule has 5 nitrogen and oxygen atoms in total. The molecule has 146 valence electrons. The van der Waals surface area contributed by atoms with Crippen LogP contribution in [-0.4, -0.2) is 22.9 Å². The zero-order chi connectivity index (χ0) is 19.5. The monoisotopic (exact) mass is 396 g/mol. The van der Waals surface area contributed by atoms with E-state index in [1.54, 1.807) is 0 Å². The smallest absolute Gasteiger partial charge is 0.196 e. The van der Waals surface area contributed by atoms with Gasteiger partial charge in [0.1, 0.15) is 5.76 Å². The number of benzene rings is 1. The Morgan fingerprint density at radius 2 is 2.04 bits per heavy atom. The van der Waals surface area contributed by atoms with E-state index in [4.69, 9.17) is 16.3 Å². The predicted octanol–water partition coefficient (Wildman–Crippen LogP) is 4.58. The van der Waals surface area contributed by atoms with Crippen LogP contribution in [0.4, 0.5) is 0 Å². The maximum absolute atomic E-state index is 6.06. The van der Waals surface area contributed by atoms with Gasteiger partial charge in [-0.1, -0.05) is 30.3 Å². The second kappa shape index (κ2) is 8.25. The van der Waals surface area contributed by atoms with E-state index in [9.17, 15) is 0 Å². The summed E-state index contributed by atoms with van der Waals surface area (Å²) in [7, 11) is 0. The molecule has 1 fully saturated rings. The fraction of sp³-hybridized carbons (Fsp3) is 0.318. The molecule has 0 aliphatic carbocycles. The van der Waals surface area contributed by atoms with E-state index in [1.165, 1.54) is 0 Å². The van der Waals surface area contributed by atoms with Gasteiger partial charge in [-0.2, -0.15) is 5.10 Å². The number of piperidine rings is 1. The number of aromatic nitrogens is 2. The Bertz CT molecular complexity index is 907. The summed E-state index contributed by atoms with van der Waals surface area (Å²) in [5, 5.41) is 11.9. The summed E-state index contributed by atoms with van der Waals surface area (Å²) in [6, 6.07) is 8.13. The average Bonchev–Trinajstić information content (AvgIpc) is 3.39. The molecule has 0 radical (unpaired) electrons. The molecule has 0 amide bonds. The van der Waals surface area contributed by atoms with Gasteiger partial charge in [0, 0.05) is 28.5 Å². The molecule has 3 heterocycles. The summed E-state index contributed by atoms with van der Waals surface area (Å²) >= 11 is 5.96. The van der Waals surface area contributed by atoms with E-state index in [0.29, 0.717) is 11.1 Å². The van der Waals surface area contributed by atoms with Gasteiger partial charge in [-0.3, -0.25) is 4.68 Å². The van der Waals surface area contributed by atoms with E-state index in [0.717, 1.165) is 54.0 Å². The second-order valence-electron chi connectivity index (χ2n) is 7.27. The van der Waals surface area contributed by atoms with Crippen molar-refractivity contribution in [1.29, 1.82) is 0 Å². The standard InChI is InChI=1S/C22H25ClN4O/c1-15(18-12-26-27(14-18)20-7-9-24-10-8-20)11-16(2)21-13-25-22(28-21)17-3-5-19(23)6-4-17/h3-6,11-14,20,22,24-25H,1,7-10H2,2H3/b16-11+. The van der Waals surface area contributed by atoms with Crippen LogP contribution in [0.25, 0.3) is 5.57 Å². The molecule has 2 aromatic rings. The zero-order valence-corrected chi connectivity index (χ0v) is 16.7. The van der Waals surface area contributed by atoms with Crippen molar-refractivity contribution in [1.82, 2.24) is 20.4 Å². The number of hydrogen-bond acceptors (Lipinski definition) is 4. The minimum absolute atomic E-state index is 0.202. The first-order valence-electron chi connectivity index (χ1n) is 9.61. The maximum Gasteiger partial charge on any atom is 0.196 e. The molecule has 28 heavy (non-hydrogen) atoms. The Hall–Kier alpha value is -2.50. The summed E-state index contributed by atoms with van der Waals surface area (Å²) in [6.07, 6.45) is 9.96. The summed E-state index contributed by atoms with van der Waals surface area (Å²) < 4.78 is 8.13. The van der Waals surface area contributed by atoms with E-state index < -0.39 is 0 Å². The summed E-state index contributed by atoms with van der Waals surface area (Å²) in [5.74, 6) is 0.812. The molecule has 2 aliphatic rings. The highest BCUT2D eigenvalue weighted by atomic mass is 35.5. The highest BCUT2D eigenvalue weighted by Crippen LogP contribution is 2.29. The molecule has 1 aromatic heterocycles. The van der Waals surface area contributed by atoms with Gasteiger partial charge in [0.2, 0.25) is 0 Å². The lowest BCUT2D eigenvalue weighted by molar-refractivity contribution is 0.134. The van der Waals surface area contributed by atoms with Crippen molar-refractivity contribution in [3.63, 3.8) is 0 Å². The lowest BCUT2D eigenvalue weighted by atomic mass is 10.1. The fourth-order valence-electron chi connectivity index (χ4n) is 3.55. The van der Waals surface area contributed by atoms with Crippen molar-refractivity contribution in [3.05, 3.63) is 83.0 Å².